The van der Waals surface area contributed by atoms with Gasteiger partial charge in [0, 0.05) is 28.6 Å². The van der Waals surface area contributed by atoms with Crippen LogP contribution in [0.1, 0.15) is 23.2 Å². The first-order valence-corrected chi connectivity index (χ1v) is 8.39. The van der Waals surface area contributed by atoms with Crippen LogP contribution in [0.2, 0.25) is 5.02 Å². The van der Waals surface area contributed by atoms with Crippen LogP contribution < -0.4 is 5.32 Å². The number of halogens is 2. The fraction of sp³-hybridized carbons (Fsp3) is 0.533. The van der Waals surface area contributed by atoms with Gasteiger partial charge in [-0.25, -0.2) is 0 Å². The highest BCUT2D eigenvalue weighted by Gasteiger charge is 2.32. The average Bonchev–Trinajstić information content (AvgIpc) is 2.92. The molecule has 1 aromatic rings. The first-order valence-electron chi connectivity index (χ1n) is 7.22. The van der Waals surface area contributed by atoms with Gasteiger partial charge in [0.1, 0.15) is 0 Å². The van der Waals surface area contributed by atoms with Crippen LogP contribution in [0.5, 0.6) is 0 Å². The summed E-state index contributed by atoms with van der Waals surface area (Å²) in [6.45, 7) is 3.39. The Morgan fingerprint density at radius 3 is 3.19 bits per heavy atom. The number of rotatable bonds is 3. The van der Waals surface area contributed by atoms with Gasteiger partial charge in [-0.3, -0.25) is 9.69 Å². The maximum Gasteiger partial charge on any atom is 0.252 e. The van der Waals surface area contributed by atoms with Crippen molar-refractivity contribution < 1.29 is 9.53 Å². The molecule has 2 aliphatic heterocycles. The van der Waals surface area contributed by atoms with E-state index in [2.05, 4.69) is 26.1 Å². The zero-order valence-electron chi connectivity index (χ0n) is 11.6. The van der Waals surface area contributed by atoms with Gasteiger partial charge in [-0.1, -0.05) is 11.6 Å². The van der Waals surface area contributed by atoms with Crippen LogP contribution in [-0.4, -0.2) is 49.2 Å². The Bertz CT molecular complexity index is 540. The van der Waals surface area contributed by atoms with Gasteiger partial charge in [0.2, 0.25) is 0 Å². The monoisotopic (exact) mass is 372 g/mol. The fourth-order valence-corrected chi connectivity index (χ4v) is 3.85. The Kier molecular flexibility index (Phi) is 4.84. The third-order valence-electron chi connectivity index (χ3n) is 4.13. The Balaban J connectivity index is 1.54. The topological polar surface area (TPSA) is 41.6 Å². The molecular weight excluding hydrogens is 356 g/mol. The summed E-state index contributed by atoms with van der Waals surface area (Å²) < 4.78 is 6.54. The minimum atomic E-state index is -0.106. The zero-order valence-corrected chi connectivity index (χ0v) is 14.0. The molecule has 1 aromatic carbocycles. The summed E-state index contributed by atoms with van der Waals surface area (Å²) in [5.74, 6) is -0.106. The SMILES string of the molecule is O=C(NCC1CN2CCCC2CO1)c1ccc(Cl)cc1Br. The van der Waals surface area contributed by atoms with Crippen molar-refractivity contribution in [3.05, 3.63) is 33.3 Å². The number of fused-ring (bicyclic) bond motifs is 1. The summed E-state index contributed by atoms with van der Waals surface area (Å²) >= 11 is 9.25. The summed E-state index contributed by atoms with van der Waals surface area (Å²) in [4.78, 5) is 14.7. The quantitative estimate of drug-likeness (QED) is 0.886. The van der Waals surface area contributed by atoms with Gasteiger partial charge in [0.05, 0.1) is 18.3 Å². The van der Waals surface area contributed by atoms with Gasteiger partial charge >= 0.3 is 0 Å². The molecule has 2 saturated heterocycles. The van der Waals surface area contributed by atoms with Crippen molar-refractivity contribution in [2.24, 2.45) is 0 Å². The van der Waals surface area contributed by atoms with E-state index in [-0.39, 0.29) is 12.0 Å². The normalized spacial score (nSPS) is 25.6. The van der Waals surface area contributed by atoms with Crippen LogP contribution in [0.4, 0.5) is 0 Å². The minimum Gasteiger partial charge on any atom is -0.373 e. The Morgan fingerprint density at radius 1 is 1.52 bits per heavy atom. The molecule has 2 heterocycles. The molecule has 114 valence electrons. The number of morpholine rings is 1. The van der Waals surface area contributed by atoms with Gasteiger partial charge in [-0.15, -0.1) is 0 Å². The van der Waals surface area contributed by atoms with Gasteiger partial charge < -0.3 is 10.1 Å². The molecule has 0 spiro atoms. The van der Waals surface area contributed by atoms with E-state index in [1.807, 2.05) is 0 Å². The lowest BCUT2D eigenvalue weighted by Crippen LogP contribution is -2.50. The number of benzene rings is 1. The molecule has 4 nitrogen and oxygen atoms in total. The second-order valence-corrected chi connectivity index (χ2v) is 6.87. The number of ether oxygens (including phenoxy) is 1. The molecule has 3 rings (SSSR count). The van der Waals surface area contributed by atoms with Gasteiger partial charge in [0.15, 0.2) is 0 Å². The molecular formula is C15H18BrClN2O2. The lowest BCUT2D eigenvalue weighted by atomic mass is 10.1. The highest BCUT2D eigenvalue weighted by molar-refractivity contribution is 9.10. The molecule has 0 saturated carbocycles. The predicted octanol–water partition coefficient (Wildman–Crippen LogP) is 2.70. The second kappa shape index (κ2) is 6.65. The van der Waals surface area contributed by atoms with Crippen LogP contribution in [0.15, 0.2) is 22.7 Å². The van der Waals surface area contributed by atoms with Crippen LogP contribution in [0.25, 0.3) is 0 Å². The maximum absolute atomic E-state index is 12.2. The molecule has 2 unspecified atom stereocenters. The second-order valence-electron chi connectivity index (χ2n) is 5.58. The lowest BCUT2D eigenvalue weighted by molar-refractivity contribution is -0.0461. The Labute approximate surface area is 137 Å². The molecule has 1 amide bonds. The highest BCUT2D eigenvalue weighted by Crippen LogP contribution is 2.23. The summed E-state index contributed by atoms with van der Waals surface area (Å²) in [7, 11) is 0. The zero-order chi connectivity index (χ0) is 14.8. The molecule has 0 aromatic heterocycles. The van der Waals surface area contributed by atoms with Crippen molar-refractivity contribution in [2.75, 3.05) is 26.2 Å². The number of hydrogen-bond acceptors (Lipinski definition) is 3. The van der Waals surface area contributed by atoms with Crippen LogP contribution in [-0.2, 0) is 4.74 Å². The molecule has 6 heteroatoms. The van der Waals surface area contributed by atoms with Crippen LogP contribution >= 0.6 is 27.5 Å². The number of hydrogen-bond donors (Lipinski definition) is 1. The molecule has 21 heavy (non-hydrogen) atoms. The lowest BCUT2D eigenvalue weighted by Gasteiger charge is -2.35. The molecule has 2 fully saturated rings. The van der Waals surface area contributed by atoms with E-state index in [1.165, 1.54) is 12.8 Å². The van der Waals surface area contributed by atoms with Crippen LogP contribution in [0, 0.1) is 0 Å². The first-order chi connectivity index (χ1) is 10.1. The van der Waals surface area contributed by atoms with E-state index in [0.717, 1.165) is 19.7 Å². The first kappa shape index (κ1) is 15.3. The molecule has 2 atom stereocenters. The molecule has 0 bridgehead atoms. The van der Waals surface area contributed by atoms with E-state index in [0.29, 0.717) is 27.6 Å². The molecule has 0 aliphatic carbocycles. The smallest absolute Gasteiger partial charge is 0.252 e. The fourth-order valence-electron chi connectivity index (χ4n) is 2.98. The highest BCUT2D eigenvalue weighted by atomic mass is 79.9. The number of carbonyl (C=O) groups is 1. The minimum absolute atomic E-state index is 0.0781. The number of carbonyl (C=O) groups excluding carboxylic acids is 1. The molecule has 0 radical (unpaired) electrons. The Morgan fingerprint density at radius 2 is 2.38 bits per heavy atom. The summed E-state index contributed by atoms with van der Waals surface area (Å²) in [6.07, 6.45) is 2.57. The Hall–Kier alpha value is -0.620. The van der Waals surface area contributed by atoms with E-state index in [1.54, 1.807) is 18.2 Å². The van der Waals surface area contributed by atoms with E-state index >= 15 is 0 Å². The van der Waals surface area contributed by atoms with Crippen LogP contribution in [0.3, 0.4) is 0 Å². The average molecular weight is 374 g/mol. The number of amides is 1. The van der Waals surface area contributed by atoms with Crippen molar-refractivity contribution >= 4 is 33.4 Å². The van der Waals surface area contributed by atoms with Gasteiger partial charge in [-0.05, 0) is 53.5 Å². The number of nitrogens with one attached hydrogen (secondary N) is 1. The van der Waals surface area contributed by atoms with Crippen molar-refractivity contribution in [2.45, 2.75) is 25.0 Å². The number of nitrogens with zero attached hydrogens (tertiary/aromatic N) is 1. The molecule has 2 aliphatic rings. The van der Waals surface area contributed by atoms with Crippen molar-refractivity contribution in [3.8, 4) is 0 Å². The predicted molar refractivity (Wildman–Crippen MR) is 85.8 cm³/mol. The largest absolute Gasteiger partial charge is 0.373 e. The third-order valence-corrected chi connectivity index (χ3v) is 5.02. The van der Waals surface area contributed by atoms with Crippen molar-refractivity contribution in [1.29, 1.82) is 0 Å². The van der Waals surface area contributed by atoms with Gasteiger partial charge in [-0.2, -0.15) is 0 Å². The van der Waals surface area contributed by atoms with E-state index in [4.69, 9.17) is 16.3 Å². The van der Waals surface area contributed by atoms with E-state index in [9.17, 15) is 4.79 Å². The molecule has 1 N–H and O–H groups in total. The van der Waals surface area contributed by atoms with Crippen molar-refractivity contribution in [1.82, 2.24) is 10.2 Å². The summed E-state index contributed by atoms with van der Waals surface area (Å²) in [6, 6.07) is 5.75. The van der Waals surface area contributed by atoms with Crippen molar-refractivity contribution in [3.63, 3.8) is 0 Å². The summed E-state index contributed by atoms with van der Waals surface area (Å²) in [5, 5.41) is 3.55. The van der Waals surface area contributed by atoms with Gasteiger partial charge in [0.25, 0.3) is 5.91 Å². The third kappa shape index (κ3) is 3.59. The standard InChI is InChI=1S/C15H18BrClN2O2/c16-14-6-10(17)3-4-13(14)15(20)18-7-12-8-19-5-1-2-11(19)9-21-12/h3-4,6,11-12H,1-2,5,7-9H2,(H,18,20). The maximum atomic E-state index is 12.2. The summed E-state index contributed by atoms with van der Waals surface area (Å²) in [5.41, 5.74) is 0.592. The van der Waals surface area contributed by atoms with E-state index < -0.39 is 0 Å².